The minimum absolute atomic E-state index is 1.19. The van der Waals surface area contributed by atoms with Crippen molar-refractivity contribution in [3.05, 3.63) is 140 Å². The van der Waals surface area contributed by atoms with Gasteiger partial charge in [-0.05, 0) is 37.8 Å². The number of benzene rings is 5. The fourth-order valence-corrected chi connectivity index (χ4v) is 8.35. The normalized spacial score (nSPS) is 11.3. The van der Waals surface area contributed by atoms with Crippen molar-refractivity contribution in [2.45, 2.75) is 0 Å². The molecule has 0 amide bonds. The average Bonchev–Trinajstić information content (AvgIpc) is 2.90. The highest BCUT2D eigenvalue weighted by molar-refractivity contribution is 7.40. The van der Waals surface area contributed by atoms with Gasteiger partial charge in [-0.2, -0.15) is 0 Å². The predicted molar refractivity (Wildman–Crippen MR) is 141 cm³/mol. The summed E-state index contributed by atoms with van der Waals surface area (Å²) in [6.45, 7) is 0. The molecule has 0 fully saturated rings. The van der Waals surface area contributed by atoms with E-state index in [9.17, 15) is 0 Å². The lowest BCUT2D eigenvalue weighted by molar-refractivity contribution is 1.62. The first-order chi connectivity index (χ1) is 15.7. The molecule has 5 aromatic rings. The van der Waals surface area contributed by atoms with E-state index in [1.807, 2.05) is 12.1 Å². The molecule has 154 valence electrons. The summed E-state index contributed by atoms with van der Waals surface area (Å²) in [7, 11) is -2.73. The van der Waals surface area contributed by atoms with Crippen LogP contribution in [0.5, 0.6) is 0 Å². The summed E-state index contributed by atoms with van der Waals surface area (Å²) in [5, 5.41) is 3.57. The summed E-state index contributed by atoms with van der Waals surface area (Å²) in [4.78, 5) is 0. The molecule has 32 heavy (non-hydrogen) atoms. The zero-order valence-corrected chi connectivity index (χ0v) is 19.4. The summed E-state index contributed by atoms with van der Waals surface area (Å²) >= 11 is 7.77. The molecule has 0 spiro atoms. The highest BCUT2D eigenvalue weighted by Gasteiger charge is 2.38. The fraction of sp³-hybridized carbons (Fsp3) is 0. The van der Waals surface area contributed by atoms with Crippen molar-refractivity contribution in [1.29, 1.82) is 0 Å². The summed E-state index contributed by atoms with van der Waals surface area (Å²) in [6.07, 6.45) is 0. The van der Waals surface area contributed by atoms with Crippen molar-refractivity contribution in [3.63, 3.8) is 0 Å². The second kappa shape index (κ2) is 9.00. The van der Waals surface area contributed by atoms with E-state index in [0.29, 0.717) is 0 Å². The first-order valence-corrected chi connectivity index (χ1v) is 13.8. The Balaban J connectivity index is 1.70. The molecule has 0 heterocycles. The van der Waals surface area contributed by atoms with Crippen LogP contribution in [0.2, 0.25) is 0 Å². The Morgan fingerprint density at radius 1 is 0.344 bits per heavy atom. The molecule has 5 rings (SSSR count). The number of hydrogen-bond donors (Lipinski definition) is 0. The third-order valence-corrected chi connectivity index (χ3v) is 11.2. The molecule has 0 N–H and O–H groups in total. The standard InChI is InChI=1S/C30H23ClSi/c31-32(28-18-8-3-9-19-28,29-20-10-16-26(22-29)24-12-4-1-5-13-24)30-21-11-17-27(23-30)25-14-6-2-7-15-25/h1-23H. The largest absolute Gasteiger partial charge is 0.247 e. The fourth-order valence-electron chi connectivity index (χ4n) is 4.26. The third-order valence-electron chi connectivity index (χ3n) is 5.91. The van der Waals surface area contributed by atoms with Crippen LogP contribution in [0.1, 0.15) is 0 Å². The molecule has 5 aromatic carbocycles. The SMILES string of the molecule is Cl[Si](c1ccccc1)(c1cccc(-c2ccccc2)c1)c1cccc(-c2ccccc2)c1. The Kier molecular flexibility index (Phi) is 5.77. The minimum atomic E-state index is -2.73. The van der Waals surface area contributed by atoms with Gasteiger partial charge >= 0.3 is 0 Å². The molecule has 0 aromatic heterocycles. The highest BCUT2D eigenvalue weighted by Crippen LogP contribution is 2.22. The van der Waals surface area contributed by atoms with Crippen LogP contribution < -0.4 is 15.6 Å². The summed E-state index contributed by atoms with van der Waals surface area (Å²) in [5.74, 6) is 0. The molecule has 0 aliphatic carbocycles. The van der Waals surface area contributed by atoms with Gasteiger partial charge in [-0.25, -0.2) is 0 Å². The Morgan fingerprint density at radius 2 is 0.688 bits per heavy atom. The molecule has 0 aliphatic rings. The molecule has 0 bridgehead atoms. The topological polar surface area (TPSA) is 0 Å². The number of halogens is 1. The first kappa shape index (κ1) is 20.5. The van der Waals surface area contributed by atoms with Gasteiger partial charge in [0.25, 0.3) is 0 Å². The molecule has 0 nitrogen and oxygen atoms in total. The second-order valence-corrected chi connectivity index (χ2v) is 12.7. The molecule has 0 atom stereocenters. The van der Waals surface area contributed by atoms with E-state index in [-0.39, 0.29) is 0 Å². The van der Waals surface area contributed by atoms with Gasteiger partial charge in [0.1, 0.15) is 0 Å². The van der Waals surface area contributed by atoms with Gasteiger partial charge in [0.15, 0.2) is 0 Å². The van der Waals surface area contributed by atoms with Crippen LogP contribution in [0, 0.1) is 0 Å². The van der Waals surface area contributed by atoms with Crippen LogP contribution in [0.4, 0.5) is 0 Å². The van der Waals surface area contributed by atoms with E-state index in [4.69, 9.17) is 11.1 Å². The van der Waals surface area contributed by atoms with Gasteiger partial charge < -0.3 is 0 Å². The smallest absolute Gasteiger partial charge is 0.149 e. The van der Waals surface area contributed by atoms with Crippen LogP contribution in [-0.4, -0.2) is 7.38 Å². The van der Waals surface area contributed by atoms with E-state index in [1.54, 1.807) is 0 Å². The van der Waals surface area contributed by atoms with Crippen LogP contribution in [0.3, 0.4) is 0 Å². The van der Waals surface area contributed by atoms with Crippen LogP contribution in [0.15, 0.2) is 140 Å². The van der Waals surface area contributed by atoms with E-state index in [1.165, 1.54) is 37.8 Å². The number of rotatable bonds is 5. The summed E-state index contributed by atoms with van der Waals surface area (Å²) in [5.41, 5.74) is 4.79. The van der Waals surface area contributed by atoms with Crippen molar-refractivity contribution >= 4 is 34.0 Å². The maximum absolute atomic E-state index is 7.77. The van der Waals surface area contributed by atoms with Gasteiger partial charge in [-0.1, -0.05) is 140 Å². The van der Waals surface area contributed by atoms with E-state index < -0.39 is 7.38 Å². The van der Waals surface area contributed by atoms with E-state index >= 15 is 0 Å². The molecule has 0 saturated carbocycles. The molecule has 2 heteroatoms. The van der Waals surface area contributed by atoms with Gasteiger partial charge in [-0.15, -0.1) is 11.1 Å². The van der Waals surface area contributed by atoms with Crippen molar-refractivity contribution in [2.75, 3.05) is 0 Å². The van der Waals surface area contributed by atoms with Crippen molar-refractivity contribution in [1.82, 2.24) is 0 Å². The van der Waals surface area contributed by atoms with Crippen molar-refractivity contribution in [2.24, 2.45) is 0 Å². The van der Waals surface area contributed by atoms with Gasteiger partial charge in [-0.3, -0.25) is 0 Å². The van der Waals surface area contributed by atoms with Gasteiger partial charge in [0, 0.05) is 0 Å². The lowest BCUT2D eigenvalue weighted by Crippen LogP contribution is -2.62. The zero-order chi connectivity index (χ0) is 21.8. The second-order valence-electron chi connectivity index (χ2n) is 7.92. The van der Waals surface area contributed by atoms with Crippen LogP contribution in [-0.2, 0) is 0 Å². The van der Waals surface area contributed by atoms with Gasteiger partial charge in [0.05, 0.1) is 0 Å². The summed E-state index contributed by atoms with van der Waals surface area (Å²) < 4.78 is 0. The molecular formula is C30H23ClSi. The van der Waals surface area contributed by atoms with Gasteiger partial charge in [0.2, 0.25) is 7.38 Å². The third kappa shape index (κ3) is 3.93. The predicted octanol–water partition coefficient (Wildman–Crippen LogP) is 6.23. The maximum atomic E-state index is 7.77. The van der Waals surface area contributed by atoms with Crippen molar-refractivity contribution in [3.8, 4) is 22.3 Å². The maximum Gasteiger partial charge on any atom is 0.247 e. The Labute approximate surface area is 195 Å². The van der Waals surface area contributed by atoms with E-state index in [0.717, 1.165) is 0 Å². The lowest BCUT2D eigenvalue weighted by atomic mass is 10.1. The average molecular weight is 447 g/mol. The molecule has 0 unspecified atom stereocenters. The van der Waals surface area contributed by atoms with Crippen LogP contribution >= 0.6 is 11.1 Å². The molecule has 0 radical (unpaired) electrons. The Hall–Kier alpha value is -3.39. The van der Waals surface area contributed by atoms with Crippen molar-refractivity contribution < 1.29 is 0 Å². The lowest BCUT2D eigenvalue weighted by Gasteiger charge is -2.27. The van der Waals surface area contributed by atoms with E-state index in [2.05, 4.69) is 127 Å². The molecule has 0 aliphatic heterocycles. The Bertz CT molecular complexity index is 1230. The first-order valence-electron chi connectivity index (χ1n) is 10.8. The molecule has 0 saturated heterocycles. The molecular weight excluding hydrogens is 424 g/mol. The van der Waals surface area contributed by atoms with Crippen LogP contribution in [0.25, 0.3) is 22.3 Å². The Morgan fingerprint density at radius 3 is 1.12 bits per heavy atom. The zero-order valence-electron chi connectivity index (χ0n) is 17.7. The highest BCUT2D eigenvalue weighted by atomic mass is 35.6. The number of hydrogen-bond acceptors (Lipinski definition) is 0. The quantitative estimate of drug-likeness (QED) is 0.170. The monoisotopic (exact) mass is 446 g/mol. The summed E-state index contributed by atoms with van der Waals surface area (Å²) in [6, 6.07) is 49.1. The minimum Gasteiger partial charge on any atom is -0.149 e.